The molecule has 0 aromatic heterocycles. The second-order valence-corrected chi connectivity index (χ2v) is 3.08. The fourth-order valence-electron chi connectivity index (χ4n) is 0.829. The van der Waals surface area contributed by atoms with Crippen molar-refractivity contribution in [3.8, 4) is 0 Å². The van der Waals surface area contributed by atoms with Crippen molar-refractivity contribution in [3.63, 3.8) is 0 Å². The third kappa shape index (κ3) is 2.16. The van der Waals surface area contributed by atoms with E-state index in [4.69, 9.17) is 5.11 Å². The summed E-state index contributed by atoms with van der Waals surface area (Å²) in [7, 11) is 0. The van der Waals surface area contributed by atoms with Crippen LogP contribution in [0.3, 0.4) is 0 Å². The lowest BCUT2D eigenvalue weighted by Gasteiger charge is -1.97. The minimum absolute atomic E-state index is 0.0774. The zero-order chi connectivity index (χ0) is 8.97. The van der Waals surface area contributed by atoms with Crippen molar-refractivity contribution in [2.75, 3.05) is 6.61 Å². The third-order valence-corrected chi connectivity index (χ3v) is 2.00. The van der Waals surface area contributed by atoms with Gasteiger partial charge in [0, 0.05) is 5.56 Å². The van der Waals surface area contributed by atoms with Crippen molar-refractivity contribution in [1.82, 2.24) is 0 Å². The number of aliphatic hydroxyl groups excluding tert-OH is 1. The SMILES string of the molecule is OC/C=C/c1cccc(Br)c1F. The van der Waals surface area contributed by atoms with Crippen LogP contribution in [0.1, 0.15) is 5.56 Å². The van der Waals surface area contributed by atoms with Gasteiger partial charge < -0.3 is 5.11 Å². The largest absolute Gasteiger partial charge is 0.392 e. The molecular formula is C9H8BrFO. The molecule has 1 aromatic carbocycles. The Morgan fingerprint density at radius 2 is 2.25 bits per heavy atom. The fourth-order valence-corrected chi connectivity index (χ4v) is 1.21. The molecule has 0 bridgehead atoms. The van der Waals surface area contributed by atoms with Crippen LogP contribution in [-0.4, -0.2) is 11.7 Å². The summed E-state index contributed by atoms with van der Waals surface area (Å²) in [6.45, 7) is -0.0774. The summed E-state index contributed by atoms with van der Waals surface area (Å²) < 4.78 is 13.6. The molecule has 0 spiro atoms. The molecule has 1 aromatic rings. The van der Waals surface area contributed by atoms with Gasteiger partial charge in [-0.25, -0.2) is 4.39 Å². The van der Waals surface area contributed by atoms with Gasteiger partial charge in [-0.15, -0.1) is 0 Å². The van der Waals surface area contributed by atoms with Crippen LogP contribution in [-0.2, 0) is 0 Å². The van der Waals surface area contributed by atoms with E-state index >= 15 is 0 Å². The first-order chi connectivity index (χ1) is 5.75. The van der Waals surface area contributed by atoms with Gasteiger partial charge in [0.1, 0.15) is 5.82 Å². The lowest BCUT2D eigenvalue weighted by molar-refractivity contribution is 0.343. The van der Waals surface area contributed by atoms with Gasteiger partial charge in [-0.3, -0.25) is 0 Å². The van der Waals surface area contributed by atoms with E-state index in [0.717, 1.165) is 0 Å². The number of aliphatic hydroxyl groups is 1. The first kappa shape index (κ1) is 9.42. The highest BCUT2D eigenvalue weighted by Crippen LogP contribution is 2.19. The summed E-state index contributed by atoms with van der Waals surface area (Å²) in [5.41, 5.74) is 0.471. The van der Waals surface area contributed by atoms with E-state index < -0.39 is 0 Å². The van der Waals surface area contributed by atoms with E-state index in [-0.39, 0.29) is 12.4 Å². The van der Waals surface area contributed by atoms with E-state index in [9.17, 15) is 4.39 Å². The molecular weight excluding hydrogens is 223 g/mol. The van der Waals surface area contributed by atoms with Gasteiger partial charge in [-0.05, 0) is 22.0 Å². The Morgan fingerprint density at radius 3 is 2.92 bits per heavy atom. The third-order valence-electron chi connectivity index (χ3n) is 1.38. The molecule has 0 unspecified atom stereocenters. The summed E-state index contributed by atoms with van der Waals surface area (Å²) in [6.07, 6.45) is 3.03. The average molecular weight is 231 g/mol. The van der Waals surface area contributed by atoms with Crippen molar-refractivity contribution in [1.29, 1.82) is 0 Å². The van der Waals surface area contributed by atoms with Crippen molar-refractivity contribution in [3.05, 3.63) is 40.1 Å². The molecule has 0 saturated heterocycles. The fraction of sp³-hybridized carbons (Fsp3) is 0.111. The van der Waals surface area contributed by atoms with E-state index in [1.807, 2.05) is 0 Å². The lowest BCUT2D eigenvalue weighted by atomic mass is 10.2. The molecule has 0 fully saturated rings. The first-order valence-corrected chi connectivity index (χ1v) is 4.26. The highest BCUT2D eigenvalue weighted by molar-refractivity contribution is 9.10. The van der Waals surface area contributed by atoms with E-state index in [2.05, 4.69) is 15.9 Å². The van der Waals surface area contributed by atoms with Crippen LogP contribution < -0.4 is 0 Å². The second kappa shape index (κ2) is 4.38. The topological polar surface area (TPSA) is 20.2 Å². The molecule has 64 valence electrons. The monoisotopic (exact) mass is 230 g/mol. The minimum Gasteiger partial charge on any atom is -0.392 e. The van der Waals surface area contributed by atoms with Crippen LogP contribution in [0, 0.1) is 5.82 Å². The maximum Gasteiger partial charge on any atom is 0.144 e. The zero-order valence-electron chi connectivity index (χ0n) is 6.30. The highest BCUT2D eigenvalue weighted by atomic mass is 79.9. The lowest BCUT2D eigenvalue weighted by Crippen LogP contribution is -1.83. The van der Waals surface area contributed by atoms with E-state index in [1.165, 1.54) is 6.08 Å². The van der Waals surface area contributed by atoms with Crippen LogP contribution in [0.4, 0.5) is 4.39 Å². The normalized spacial score (nSPS) is 10.9. The number of hydrogen-bond acceptors (Lipinski definition) is 1. The number of rotatable bonds is 2. The summed E-state index contributed by atoms with van der Waals surface area (Å²) in [4.78, 5) is 0. The maximum absolute atomic E-state index is 13.1. The van der Waals surface area contributed by atoms with Gasteiger partial charge in [-0.1, -0.05) is 24.3 Å². The molecule has 0 heterocycles. The Labute approximate surface area is 78.7 Å². The van der Waals surface area contributed by atoms with Gasteiger partial charge in [0.25, 0.3) is 0 Å². The average Bonchev–Trinajstić information content (AvgIpc) is 2.08. The number of hydrogen-bond donors (Lipinski definition) is 1. The summed E-state index contributed by atoms with van der Waals surface area (Å²) in [6, 6.07) is 5.02. The van der Waals surface area contributed by atoms with Gasteiger partial charge >= 0.3 is 0 Å². The molecule has 12 heavy (non-hydrogen) atoms. The summed E-state index contributed by atoms with van der Waals surface area (Å²) in [5, 5.41) is 8.47. The van der Waals surface area contributed by atoms with Gasteiger partial charge in [-0.2, -0.15) is 0 Å². The molecule has 0 aliphatic rings. The van der Waals surface area contributed by atoms with Gasteiger partial charge in [0.05, 0.1) is 11.1 Å². The molecule has 0 atom stereocenters. The second-order valence-electron chi connectivity index (χ2n) is 2.23. The van der Waals surface area contributed by atoms with E-state index in [0.29, 0.717) is 10.0 Å². The number of benzene rings is 1. The molecule has 0 amide bonds. The van der Waals surface area contributed by atoms with Crippen molar-refractivity contribution in [2.24, 2.45) is 0 Å². The molecule has 0 aliphatic heterocycles. The summed E-state index contributed by atoms with van der Waals surface area (Å²) >= 11 is 3.07. The highest BCUT2D eigenvalue weighted by Gasteiger charge is 2.01. The van der Waals surface area contributed by atoms with Crippen LogP contribution >= 0.6 is 15.9 Å². The number of halogens is 2. The Balaban J connectivity index is 3.00. The standard InChI is InChI=1S/C9H8BrFO/c10-8-5-1-3-7(9(8)11)4-2-6-12/h1-5,12H,6H2/b4-2+. The zero-order valence-corrected chi connectivity index (χ0v) is 7.88. The predicted octanol–water partition coefficient (Wildman–Crippen LogP) is 2.59. The Kier molecular flexibility index (Phi) is 3.44. The molecule has 3 heteroatoms. The Morgan fingerprint density at radius 1 is 1.50 bits per heavy atom. The minimum atomic E-state index is -0.304. The van der Waals surface area contributed by atoms with Crippen LogP contribution in [0.15, 0.2) is 28.7 Å². The molecule has 0 saturated carbocycles. The molecule has 1 nitrogen and oxygen atoms in total. The van der Waals surface area contributed by atoms with E-state index in [1.54, 1.807) is 24.3 Å². The first-order valence-electron chi connectivity index (χ1n) is 3.47. The van der Waals surface area contributed by atoms with Crippen LogP contribution in [0.25, 0.3) is 6.08 Å². The predicted molar refractivity (Wildman–Crippen MR) is 50.2 cm³/mol. The molecule has 0 radical (unpaired) electrons. The molecule has 0 aliphatic carbocycles. The summed E-state index contributed by atoms with van der Waals surface area (Å²) in [5.74, 6) is -0.304. The smallest absolute Gasteiger partial charge is 0.144 e. The molecule has 1 rings (SSSR count). The van der Waals surface area contributed by atoms with Crippen LogP contribution in [0.2, 0.25) is 0 Å². The van der Waals surface area contributed by atoms with Crippen molar-refractivity contribution < 1.29 is 9.50 Å². The van der Waals surface area contributed by atoms with Gasteiger partial charge in [0.2, 0.25) is 0 Å². The Bertz CT molecular complexity index is 297. The van der Waals surface area contributed by atoms with Gasteiger partial charge in [0.15, 0.2) is 0 Å². The van der Waals surface area contributed by atoms with Crippen molar-refractivity contribution >= 4 is 22.0 Å². The quantitative estimate of drug-likeness (QED) is 0.829. The van der Waals surface area contributed by atoms with Crippen molar-refractivity contribution in [2.45, 2.75) is 0 Å². The van der Waals surface area contributed by atoms with Crippen LogP contribution in [0.5, 0.6) is 0 Å². The molecule has 1 N–H and O–H groups in total. The Hall–Kier alpha value is -0.670. The maximum atomic E-state index is 13.1.